The Morgan fingerprint density at radius 3 is 2.56 bits per heavy atom. The number of aromatic nitrogens is 2. The van der Waals surface area contributed by atoms with Crippen LogP contribution >= 0.6 is 0 Å². The van der Waals surface area contributed by atoms with Crippen LogP contribution in [0.3, 0.4) is 0 Å². The van der Waals surface area contributed by atoms with Gasteiger partial charge in [0.15, 0.2) is 0 Å². The SMILES string of the molecule is C=C(C)CCC(CCc1c(C)nn(C)c1C)NN. The third kappa shape index (κ3) is 3.96. The lowest BCUT2D eigenvalue weighted by Crippen LogP contribution is -2.35. The second kappa shape index (κ2) is 6.71. The average molecular weight is 250 g/mol. The highest BCUT2D eigenvalue weighted by Crippen LogP contribution is 2.16. The predicted octanol–water partition coefficient (Wildman–Crippen LogP) is 2.16. The number of rotatable bonds is 7. The average Bonchev–Trinajstić information content (AvgIpc) is 2.54. The van der Waals surface area contributed by atoms with Crippen molar-refractivity contribution in [3.8, 4) is 0 Å². The molecule has 0 saturated heterocycles. The molecule has 0 radical (unpaired) electrons. The maximum Gasteiger partial charge on any atom is 0.0628 e. The van der Waals surface area contributed by atoms with Gasteiger partial charge in [-0.25, -0.2) is 0 Å². The third-order valence-corrected chi connectivity index (χ3v) is 3.56. The zero-order valence-electron chi connectivity index (χ0n) is 12.1. The summed E-state index contributed by atoms with van der Waals surface area (Å²) in [5.74, 6) is 5.60. The van der Waals surface area contributed by atoms with Crippen LogP contribution in [0.2, 0.25) is 0 Å². The molecular weight excluding hydrogens is 224 g/mol. The van der Waals surface area contributed by atoms with Crippen molar-refractivity contribution in [2.24, 2.45) is 12.9 Å². The summed E-state index contributed by atoms with van der Waals surface area (Å²) in [6.07, 6.45) is 4.14. The van der Waals surface area contributed by atoms with Crippen molar-refractivity contribution in [2.45, 2.75) is 52.5 Å². The number of hydrogen-bond acceptors (Lipinski definition) is 3. The van der Waals surface area contributed by atoms with Crippen molar-refractivity contribution < 1.29 is 0 Å². The van der Waals surface area contributed by atoms with Crippen LogP contribution in [0.4, 0.5) is 0 Å². The van der Waals surface area contributed by atoms with Gasteiger partial charge in [0.2, 0.25) is 0 Å². The quantitative estimate of drug-likeness (QED) is 0.443. The number of aryl methyl sites for hydroxylation is 2. The van der Waals surface area contributed by atoms with E-state index in [1.807, 2.05) is 11.7 Å². The maximum absolute atomic E-state index is 5.60. The van der Waals surface area contributed by atoms with E-state index in [9.17, 15) is 0 Å². The minimum Gasteiger partial charge on any atom is -0.272 e. The second-order valence-corrected chi connectivity index (χ2v) is 5.17. The van der Waals surface area contributed by atoms with Crippen molar-refractivity contribution in [3.05, 3.63) is 29.1 Å². The van der Waals surface area contributed by atoms with Gasteiger partial charge in [-0.2, -0.15) is 5.10 Å². The van der Waals surface area contributed by atoms with E-state index in [0.29, 0.717) is 6.04 Å². The standard InChI is InChI=1S/C14H26N4/c1-10(2)6-7-13(16-15)8-9-14-11(3)17-18(5)12(14)4/h13,16H,1,6-9,15H2,2-5H3. The van der Waals surface area contributed by atoms with Gasteiger partial charge in [0.05, 0.1) is 5.69 Å². The first kappa shape index (κ1) is 14.9. The highest BCUT2D eigenvalue weighted by atomic mass is 15.3. The summed E-state index contributed by atoms with van der Waals surface area (Å²) in [4.78, 5) is 0. The molecular formula is C14H26N4. The molecule has 3 N–H and O–H groups in total. The van der Waals surface area contributed by atoms with Gasteiger partial charge in [-0.3, -0.25) is 16.0 Å². The van der Waals surface area contributed by atoms with Gasteiger partial charge in [0.1, 0.15) is 0 Å². The summed E-state index contributed by atoms with van der Waals surface area (Å²) in [6.45, 7) is 10.2. The number of allylic oxidation sites excluding steroid dienone is 1. The van der Waals surface area contributed by atoms with Crippen LogP contribution in [0.1, 0.15) is 43.1 Å². The van der Waals surface area contributed by atoms with Crippen molar-refractivity contribution in [3.63, 3.8) is 0 Å². The van der Waals surface area contributed by atoms with Gasteiger partial charge in [0.25, 0.3) is 0 Å². The summed E-state index contributed by atoms with van der Waals surface area (Å²) < 4.78 is 1.95. The Labute approximate surface area is 110 Å². The molecule has 1 rings (SSSR count). The van der Waals surface area contributed by atoms with E-state index < -0.39 is 0 Å². The first-order valence-electron chi connectivity index (χ1n) is 6.55. The third-order valence-electron chi connectivity index (χ3n) is 3.56. The maximum atomic E-state index is 5.60. The summed E-state index contributed by atoms with van der Waals surface area (Å²) >= 11 is 0. The lowest BCUT2D eigenvalue weighted by Gasteiger charge is -2.15. The highest BCUT2D eigenvalue weighted by molar-refractivity contribution is 5.24. The molecule has 1 heterocycles. The summed E-state index contributed by atoms with van der Waals surface area (Å²) in [5.41, 5.74) is 7.85. The van der Waals surface area contributed by atoms with E-state index in [-0.39, 0.29) is 0 Å². The largest absolute Gasteiger partial charge is 0.272 e. The molecule has 1 aromatic heterocycles. The summed E-state index contributed by atoms with van der Waals surface area (Å²) in [7, 11) is 1.99. The molecule has 0 aromatic carbocycles. The number of nitrogens with two attached hydrogens (primary N) is 1. The predicted molar refractivity (Wildman–Crippen MR) is 76.2 cm³/mol. The van der Waals surface area contributed by atoms with E-state index >= 15 is 0 Å². The van der Waals surface area contributed by atoms with Crippen LogP contribution in [0.5, 0.6) is 0 Å². The molecule has 1 aromatic rings. The molecule has 4 nitrogen and oxygen atoms in total. The van der Waals surface area contributed by atoms with E-state index in [1.165, 1.54) is 16.8 Å². The number of hydrogen-bond donors (Lipinski definition) is 2. The van der Waals surface area contributed by atoms with Crippen molar-refractivity contribution in [1.29, 1.82) is 0 Å². The molecule has 0 bridgehead atoms. The van der Waals surface area contributed by atoms with Gasteiger partial charge < -0.3 is 0 Å². The molecule has 4 heteroatoms. The van der Waals surface area contributed by atoms with Crippen LogP contribution in [0.25, 0.3) is 0 Å². The Balaban J connectivity index is 2.54. The lowest BCUT2D eigenvalue weighted by atomic mass is 9.99. The molecule has 1 unspecified atom stereocenters. The number of hydrazine groups is 1. The molecule has 1 atom stereocenters. The van der Waals surface area contributed by atoms with Gasteiger partial charge >= 0.3 is 0 Å². The zero-order valence-corrected chi connectivity index (χ0v) is 12.1. The normalized spacial score (nSPS) is 12.7. The Morgan fingerprint density at radius 2 is 2.11 bits per heavy atom. The Hall–Kier alpha value is -1.13. The smallest absolute Gasteiger partial charge is 0.0628 e. The van der Waals surface area contributed by atoms with E-state index in [2.05, 4.69) is 37.9 Å². The number of nitrogens with zero attached hydrogens (tertiary/aromatic N) is 2. The molecule has 0 amide bonds. The van der Waals surface area contributed by atoms with Crippen LogP contribution in [-0.4, -0.2) is 15.8 Å². The topological polar surface area (TPSA) is 55.9 Å². The molecule has 102 valence electrons. The van der Waals surface area contributed by atoms with Gasteiger partial charge in [-0.1, -0.05) is 5.57 Å². The Bertz CT molecular complexity index is 406. The molecule has 0 fully saturated rings. The Morgan fingerprint density at radius 1 is 1.44 bits per heavy atom. The van der Waals surface area contributed by atoms with Gasteiger partial charge in [-0.05, 0) is 52.0 Å². The fraction of sp³-hybridized carbons (Fsp3) is 0.643. The van der Waals surface area contributed by atoms with Crippen molar-refractivity contribution in [2.75, 3.05) is 0 Å². The zero-order chi connectivity index (χ0) is 13.7. The number of nitrogens with one attached hydrogen (secondary N) is 1. The van der Waals surface area contributed by atoms with E-state index in [0.717, 1.165) is 31.4 Å². The Kier molecular flexibility index (Phi) is 5.56. The minimum absolute atomic E-state index is 0.348. The molecule has 0 aliphatic carbocycles. The van der Waals surface area contributed by atoms with Crippen molar-refractivity contribution in [1.82, 2.24) is 15.2 Å². The van der Waals surface area contributed by atoms with Crippen LogP contribution in [0, 0.1) is 13.8 Å². The van der Waals surface area contributed by atoms with Gasteiger partial charge in [-0.15, -0.1) is 6.58 Å². The molecule has 0 saturated carbocycles. The molecule has 0 spiro atoms. The summed E-state index contributed by atoms with van der Waals surface area (Å²) in [5, 5.41) is 4.44. The van der Waals surface area contributed by atoms with E-state index in [4.69, 9.17) is 5.84 Å². The fourth-order valence-electron chi connectivity index (χ4n) is 2.23. The summed E-state index contributed by atoms with van der Waals surface area (Å²) in [6, 6.07) is 0.348. The van der Waals surface area contributed by atoms with Gasteiger partial charge in [0, 0.05) is 18.8 Å². The lowest BCUT2D eigenvalue weighted by molar-refractivity contribution is 0.463. The van der Waals surface area contributed by atoms with Crippen LogP contribution < -0.4 is 11.3 Å². The van der Waals surface area contributed by atoms with E-state index in [1.54, 1.807) is 0 Å². The first-order valence-corrected chi connectivity index (χ1v) is 6.55. The van der Waals surface area contributed by atoms with Crippen LogP contribution in [-0.2, 0) is 13.5 Å². The second-order valence-electron chi connectivity index (χ2n) is 5.17. The molecule has 18 heavy (non-hydrogen) atoms. The van der Waals surface area contributed by atoms with Crippen molar-refractivity contribution >= 4 is 0 Å². The first-order chi connectivity index (χ1) is 8.45. The molecule has 0 aliphatic heterocycles. The van der Waals surface area contributed by atoms with Crippen LogP contribution in [0.15, 0.2) is 12.2 Å². The minimum atomic E-state index is 0.348. The fourth-order valence-corrected chi connectivity index (χ4v) is 2.23. The molecule has 0 aliphatic rings. The monoisotopic (exact) mass is 250 g/mol. The highest BCUT2D eigenvalue weighted by Gasteiger charge is 2.12.